The van der Waals surface area contributed by atoms with Gasteiger partial charge in [-0.05, 0) is 36.9 Å². The highest BCUT2D eigenvalue weighted by Gasteiger charge is 2.32. The lowest BCUT2D eigenvalue weighted by Crippen LogP contribution is -2.49. The van der Waals surface area contributed by atoms with Gasteiger partial charge in [0.25, 0.3) is 0 Å². The average molecular weight is 422 g/mol. The maximum Gasteiger partial charge on any atom is 0.408 e. The Kier molecular flexibility index (Phi) is 6.18. The summed E-state index contributed by atoms with van der Waals surface area (Å²) in [6, 6.07) is 12.7. The summed E-state index contributed by atoms with van der Waals surface area (Å²) in [5.74, 6) is -0.105. The Balaban J connectivity index is 1.54. The van der Waals surface area contributed by atoms with Gasteiger partial charge < -0.3 is 19.9 Å². The lowest BCUT2D eigenvalue weighted by atomic mass is 9.99. The highest BCUT2D eigenvalue weighted by molar-refractivity contribution is 5.89. The molecule has 0 unspecified atom stereocenters. The van der Waals surface area contributed by atoms with Gasteiger partial charge in [0, 0.05) is 31.4 Å². The Bertz CT molecular complexity index is 1060. The maximum atomic E-state index is 13.3. The van der Waals surface area contributed by atoms with Crippen LogP contribution in [0.15, 0.2) is 48.7 Å². The summed E-state index contributed by atoms with van der Waals surface area (Å²) in [7, 11) is 3.95. The van der Waals surface area contributed by atoms with E-state index in [1.165, 1.54) is 0 Å². The number of hydrogen-bond acceptors (Lipinski definition) is 5. The monoisotopic (exact) mass is 421 g/mol. The number of carbonyl (C=O) groups excluding carboxylic acids is 2. The molecule has 0 aliphatic carbocycles. The zero-order valence-corrected chi connectivity index (χ0v) is 17.8. The molecule has 2 heterocycles. The van der Waals surface area contributed by atoms with Crippen molar-refractivity contribution < 1.29 is 14.3 Å². The summed E-state index contributed by atoms with van der Waals surface area (Å²) in [6.07, 6.45) is 1.61. The molecule has 4 rings (SSSR count). The van der Waals surface area contributed by atoms with Gasteiger partial charge in [-0.3, -0.25) is 9.89 Å². The van der Waals surface area contributed by atoms with Crippen molar-refractivity contribution in [2.24, 2.45) is 0 Å². The third kappa shape index (κ3) is 4.86. The number of nitrogens with zero attached hydrogens (tertiary/aromatic N) is 3. The molecule has 162 valence electrons. The molecule has 0 saturated carbocycles. The molecule has 0 radical (unpaired) electrons. The maximum absolute atomic E-state index is 13.3. The van der Waals surface area contributed by atoms with Crippen LogP contribution in [0.25, 0.3) is 10.9 Å². The molecule has 1 aromatic heterocycles. The van der Waals surface area contributed by atoms with E-state index in [-0.39, 0.29) is 12.5 Å². The van der Waals surface area contributed by atoms with E-state index in [0.717, 1.165) is 34.1 Å². The first-order valence-electron chi connectivity index (χ1n) is 10.4. The number of amides is 2. The molecule has 0 saturated heterocycles. The number of benzene rings is 2. The van der Waals surface area contributed by atoms with Crippen LogP contribution in [0.1, 0.15) is 16.7 Å². The van der Waals surface area contributed by atoms with E-state index in [1.807, 2.05) is 61.5 Å². The number of ether oxygens (including phenoxy) is 1. The van der Waals surface area contributed by atoms with Crippen molar-refractivity contribution in [2.75, 3.05) is 27.2 Å². The summed E-state index contributed by atoms with van der Waals surface area (Å²) in [6.45, 7) is 1.94. The first-order chi connectivity index (χ1) is 15.0. The summed E-state index contributed by atoms with van der Waals surface area (Å²) in [5.41, 5.74) is 3.93. The molecule has 1 atom stereocenters. The van der Waals surface area contributed by atoms with Crippen LogP contribution in [0.2, 0.25) is 0 Å². The van der Waals surface area contributed by atoms with Crippen molar-refractivity contribution in [1.82, 2.24) is 25.3 Å². The molecule has 1 aliphatic rings. The van der Waals surface area contributed by atoms with E-state index >= 15 is 0 Å². The van der Waals surface area contributed by atoms with Crippen LogP contribution in [-0.4, -0.2) is 65.2 Å². The van der Waals surface area contributed by atoms with Crippen molar-refractivity contribution >= 4 is 22.9 Å². The van der Waals surface area contributed by atoms with Gasteiger partial charge in [-0.2, -0.15) is 5.10 Å². The molecule has 0 spiro atoms. The number of H-pyrrole nitrogens is 1. The zero-order chi connectivity index (χ0) is 21.8. The van der Waals surface area contributed by atoms with E-state index in [1.54, 1.807) is 11.1 Å². The quantitative estimate of drug-likeness (QED) is 0.637. The van der Waals surface area contributed by atoms with Crippen LogP contribution in [0.4, 0.5) is 4.79 Å². The fourth-order valence-corrected chi connectivity index (χ4v) is 3.83. The number of aromatic amines is 1. The predicted molar refractivity (Wildman–Crippen MR) is 117 cm³/mol. The van der Waals surface area contributed by atoms with E-state index in [9.17, 15) is 9.59 Å². The van der Waals surface area contributed by atoms with Crippen molar-refractivity contribution in [1.29, 1.82) is 0 Å². The number of rotatable bonds is 6. The molecule has 3 aromatic rings. The Morgan fingerprint density at radius 2 is 2.06 bits per heavy atom. The van der Waals surface area contributed by atoms with Gasteiger partial charge in [0.15, 0.2) is 0 Å². The van der Waals surface area contributed by atoms with Crippen LogP contribution in [0.3, 0.4) is 0 Å². The molecule has 8 nitrogen and oxygen atoms in total. The minimum Gasteiger partial charge on any atom is -0.445 e. The van der Waals surface area contributed by atoms with Crippen LogP contribution in [-0.2, 0) is 29.1 Å². The van der Waals surface area contributed by atoms with E-state index < -0.39 is 12.1 Å². The van der Waals surface area contributed by atoms with Gasteiger partial charge in [-0.1, -0.05) is 36.4 Å². The largest absolute Gasteiger partial charge is 0.445 e. The molecule has 8 heteroatoms. The van der Waals surface area contributed by atoms with Gasteiger partial charge in [-0.25, -0.2) is 4.79 Å². The SMILES string of the molecule is CN(C)CCN1Cc2c(ccc3[nH]ncc23)C[C@@H](NC(=O)OCc2ccccc2)C1=O. The summed E-state index contributed by atoms with van der Waals surface area (Å²) < 4.78 is 5.36. The summed E-state index contributed by atoms with van der Waals surface area (Å²) in [4.78, 5) is 29.6. The predicted octanol–water partition coefficient (Wildman–Crippen LogP) is 2.30. The Morgan fingerprint density at radius 1 is 1.26 bits per heavy atom. The molecule has 2 aromatic carbocycles. The third-order valence-corrected chi connectivity index (χ3v) is 5.54. The first-order valence-corrected chi connectivity index (χ1v) is 10.4. The Hall–Kier alpha value is -3.39. The van der Waals surface area contributed by atoms with Crippen LogP contribution in [0, 0.1) is 0 Å². The molecule has 2 N–H and O–H groups in total. The molecule has 0 fully saturated rings. The number of aromatic nitrogens is 2. The standard InChI is InChI=1S/C23H27N5O3/c1-27(2)10-11-28-14-19-17(8-9-20-18(19)13-24-26-20)12-21(22(28)29)25-23(30)31-15-16-6-4-3-5-7-16/h3-9,13,21H,10-12,14-15H2,1-2H3,(H,24,26)(H,25,30)/t21-/m1/s1. The van der Waals surface area contributed by atoms with Gasteiger partial charge in [0.1, 0.15) is 12.6 Å². The average Bonchev–Trinajstić information content (AvgIpc) is 3.20. The van der Waals surface area contributed by atoms with E-state index in [2.05, 4.69) is 15.5 Å². The fraction of sp³-hybridized carbons (Fsp3) is 0.348. The lowest BCUT2D eigenvalue weighted by molar-refractivity contribution is -0.133. The molecular weight excluding hydrogens is 394 g/mol. The summed E-state index contributed by atoms with van der Waals surface area (Å²) >= 11 is 0. The second-order valence-corrected chi connectivity index (χ2v) is 8.06. The van der Waals surface area contributed by atoms with Gasteiger partial charge >= 0.3 is 6.09 Å². The number of hydrogen-bond donors (Lipinski definition) is 2. The molecule has 0 bridgehead atoms. The van der Waals surface area contributed by atoms with Gasteiger partial charge in [0.2, 0.25) is 5.91 Å². The minimum atomic E-state index is -0.684. The van der Waals surface area contributed by atoms with Crippen LogP contribution in [0.5, 0.6) is 0 Å². The summed E-state index contributed by atoms with van der Waals surface area (Å²) in [5, 5.41) is 10.9. The van der Waals surface area contributed by atoms with Crippen LogP contribution < -0.4 is 5.32 Å². The lowest BCUT2D eigenvalue weighted by Gasteiger charge is -2.26. The van der Waals surface area contributed by atoms with Crippen molar-refractivity contribution in [2.45, 2.75) is 25.6 Å². The highest BCUT2D eigenvalue weighted by atomic mass is 16.5. The molecule has 31 heavy (non-hydrogen) atoms. The van der Waals surface area contributed by atoms with Crippen molar-refractivity contribution in [3.63, 3.8) is 0 Å². The number of alkyl carbamates (subject to hydrolysis) is 1. The molecular formula is C23H27N5O3. The van der Waals surface area contributed by atoms with Crippen molar-refractivity contribution in [3.05, 3.63) is 65.4 Å². The number of likely N-dealkylation sites (N-methyl/N-ethyl adjacent to an activating group) is 1. The zero-order valence-electron chi connectivity index (χ0n) is 17.8. The van der Waals surface area contributed by atoms with Crippen molar-refractivity contribution in [3.8, 4) is 0 Å². The number of carbonyl (C=O) groups is 2. The fourth-order valence-electron chi connectivity index (χ4n) is 3.83. The Morgan fingerprint density at radius 3 is 2.84 bits per heavy atom. The molecule has 2 amide bonds. The second-order valence-electron chi connectivity index (χ2n) is 8.06. The second kappa shape index (κ2) is 9.18. The normalized spacial score (nSPS) is 16.3. The minimum absolute atomic E-state index is 0.105. The van der Waals surface area contributed by atoms with E-state index in [0.29, 0.717) is 19.5 Å². The number of fused-ring (bicyclic) bond motifs is 3. The highest BCUT2D eigenvalue weighted by Crippen LogP contribution is 2.27. The van der Waals surface area contributed by atoms with Gasteiger partial charge in [0.05, 0.1) is 11.7 Å². The van der Waals surface area contributed by atoms with Gasteiger partial charge in [-0.15, -0.1) is 0 Å². The smallest absolute Gasteiger partial charge is 0.408 e. The molecule has 1 aliphatic heterocycles. The van der Waals surface area contributed by atoms with Crippen LogP contribution >= 0.6 is 0 Å². The third-order valence-electron chi connectivity index (χ3n) is 5.54. The van der Waals surface area contributed by atoms with E-state index in [4.69, 9.17) is 4.74 Å². The topological polar surface area (TPSA) is 90.6 Å². The Labute approximate surface area is 181 Å². The first kappa shape index (κ1) is 20.9. The number of nitrogens with one attached hydrogen (secondary N) is 2.